The van der Waals surface area contributed by atoms with Crippen LogP contribution in [0.25, 0.3) is 0 Å². The Kier molecular flexibility index (Phi) is 34.1. The van der Waals surface area contributed by atoms with Gasteiger partial charge in [-0.15, -0.1) is 0 Å². The maximum atomic E-state index is 14.9. The van der Waals surface area contributed by atoms with E-state index in [1.807, 2.05) is 51.0 Å². The van der Waals surface area contributed by atoms with E-state index in [4.69, 9.17) is 15.2 Å². The standard InChI is InChI=1S/C66H111N13O14/c1-17-43(8)58(49(92-15)38-53(83)78-33-22-27-48(78)60(93-16)44(9)61(86)70-45(10)59(85)46-24-19-18-20-25-46)77(14)65(90)56(41(4)5)73-64(89)57(42(6)7)76(13)54(84)39-69-62(87)47(26-21-31-68-66(67)91)71-63(88)55(40(2)3)72-50(80)30-35-75(12)37-36-74(11)32-23-34-79-51(81)28-29-52(79)82/h18-20,24-25,28-29,40-45,47-49,55-60,85H,17,21-23,26-27,30-39H2,1-16H3,(H,69,87)(H,70,86)(H,71,88)(H,72,80)(H,73,89)(H3,67,68,91)/t43-,44+,45+,47-,48-,49+,55?,56?,57-,58-,59+,60+/m0/s1. The largest absolute Gasteiger partial charge is 0.386 e. The molecule has 2 unspecified atom stereocenters. The molecule has 0 aromatic heterocycles. The molecular formula is C66H111N13O14. The van der Waals surface area contributed by atoms with Crippen molar-refractivity contribution in [1.82, 2.24) is 61.3 Å². The highest BCUT2D eigenvalue weighted by atomic mass is 16.5. The molecule has 1 aromatic carbocycles. The summed E-state index contributed by atoms with van der Waals surface area (Å²) in [6.45, 7) is 20.4. The lowest BCUT2D eigenvalue weighted by Crippen LogP contribution is -2.61. The van der Waals surface area contributed by atoms with E-state index in [2.05, 4.69) is 36.8 Å². The smallest absolute Gasteiger partial charge is 0.312 e. The summed E-state index contributed by atoms with van der Waals surface area (Å²) in [5, 5.41) is 27.4. The van der Waals surface area contributed by atoms with E-state index < -0.39 is 132 Å². The summed E-state index contributed by atoms with van der Waals surface area (Å²) in [6.07, 6.45) is 2.70. The number of amides is 12. The number of aliphatic hydroxyl groups excluding tert-OH is 1. The number of methoxy groups -OCH3 is 2. The lowest BCUT2D eigenvalue weighted by molar-refractivity contribution is -0.148. The van der Waals surface area contributed by atoms with Crippen LogP contribution >= 0.6 is 0 Å². The van der Waals surface area contributed by atoms with Gasteiger partial charge in [-0.05, 0) is 88.9 Å². The summed E-state index contributed by atoms with van der Waals surface area (Å²) in [5.74, 6) is -7.01. The third kappa shape index (κ3) is 24.7. The van der Waals surface area contributed by atoms with Crippen molar-refractivity contribution in [1.29, 1.82) is 0 Å². The molecule has 3 rings (SSSR count). The number of nitrogens with two attached hydrogens (primary N) is 1. The van der Waals surface area contributed by atoms with Crippen LogP contribution in [0.5, 0.6) is 0 Å². The number of hydrogen-bond donors (Lipinski definition) is 8. The maximum Gasteiger partial charge on any atom is 0.312 e. The van der Waals surface area contributed by atoms with Crippen LogP contribution in [-0.4, -0.2) is 249 Å². The summed E-state index contributed by atoms with van der Waals surface area (Å²) in [7, 11) is 9.81. The molecule has 0 bridgehead atoms. The maximum absolute atomic E-state index is 14.9. The van der Waals surface area contributed by atoms with Gasteiger partial charge in [0.2, 0.25) is 47.3 Å². The molecule has 2 aliphatic heterocycles. The number of benzene rings is 1. The number of hydrogen-bond acceptors (Lipinski definition) is 16. The Morgan fingerprint density at radius 1 is 0.699 bits per heavy atom. The molecule has 1 aromatic rings. The summed E-state index contributed by atoms with van der Waals surface area (Å²) in [6, 6.07) is 2.02. The third-order valence-electron chi connectivity index (χ3n) is 17.9. The third-order valence-corrected chi connectivity index (χ3v) is 17.9. The number of likely N-dealkylation sites (N-methyl/N-ethyl adjacent to an activating group) is 4. The van der Waals surface area contributed by atoms with Crippen LogP contribution < -0.4 is 37.6 Å². The highest BCUT2D eigenvalue weighted by Gasteiger charge is 2.44. The first kappa shape index (κ1) is 80.2. The molecule has 1 fully saturated rings. The minimum absolute atomic E-state index is 0.00112. The number of carbonyl (C=O) groups excluding carboxylic acids is 11. The van der Waals surface area contributed by atoms with Crippen molar-refractivity contribution in [3.8, 4) is 0 Å². The zero-order chi connectivity index (χ0) is 70.0. The number of aliphatic hydroxyl groups is 1. The van der Waals surface area contributed by atoms with Crippen LogP contribution in [0.4, 0.5) is 4.79 Å². The predicted molar refractivity (Wildman–Crippen MR) is 352 cm³/mol. The molecule has 27 heteroatoms. The number of primary amides is 1. The molecule has 12 amide bonds. The Bertz CT molecular complexity index is 2650. The van der Waals surface area contributed by atoms with E-state index in [1.54, 1.807) is 79.5 Å². The first-order valence-corrected chi connectivity index (χ1v) is 32.8. The number of rotatable bonds is 41. The van der Waals surface area contributed by atoms with E-state index >= 15 is 0 Å². The van der Waals surface area contributed by atoms with Crippen molar-refractivity contribution >= 4 is 65.1 Å². The molecule has 524 valence electrons. The zero-order valence-electron chi connectivity index (χ0n) is 58.0. The fourth-order valence-corrected chi connectivity index (χ4v) is 12.0. The average molecular weight is 1310 g/mol. The van der Waals surface area contributed by atoms with Gasteiger partial charge in [0.1, 0.15) is 24.2 Å². The SMILES string of the molecule is CC[C@H](C)[C@@H]([C@@H](CC(=O)N1CCC[C@H]1[C@H](OC)[C@@H](C)C(=O)N[C@H](C)[C@@H](O)c1ccccc1)OC)N(C)C(=O)C(NC(=O)[C@H](C(C)C)N(C)C(=O)CNC(=O)[C@H](CCCNC(N)=O)NC(=O)C(NC(=O)CCN(C)CCN(C)CCCN1C(=O)C=CC1=O)C(C)C)C(C)C. The number of imide groups is 1. The minimum atomic E-state index is -1.24. The van der Waals surface area contributed by atoms with Gasteiger partial charge in [-0.25, -0.2) is 4.79 Å². The number of nitrogens with one attached hydrogen (secondary N) is 6. The Morgan fingerprint density at radius 3 is 1.87 bits per heavy atom. The van der Waals surface area contributed by atoms with Gasteiger partial charge in [-0.3, -0.25) is 52.8 Å². The number of urea groups is 1. The Hall–Kier alpha value is -7.07. The number of carbonyl (C=O) groups is 11. The lowest BCUT2D eigenvalue weighted by atomic mass is 9.89. The van der Waals surface area contributed by atoms with Crippen molar-refractivity contribution in [2.75, 3.05) is 94.8 Å². The molecule has 9 N–H and O–H groups in total. The highest BCUT2D eigenvalue weighted by molar-refractivity contribution is 6.12. The summed E-state index contributed by atoms with van der Waals surface area (Å²) in [4.78, 5) is 158. The van der Waals surface area contributed by atoms with Gasteiger partial charge in [0, 0.05) is 86.2 Å². The van der Waals surface area contributed by atoms with Gasteiger partial charge in [0.05, 0.1) is 55.3 Å². The van der Waals surface area contributed by atoms with E-state index in [0.717, 1.165) is 0 Å². The Balaban J connectivity index is 1.69. The van der Waals surface area contributed by atoms with Crippen LogP contribution in [0.2, 0.25) is 0 Å². The Labute approximate surface area is 551 Å². The topological polar surface area (TPSA) is 344 Å². The second kappa shape index (κ2) is 39.6. The number of nitrogens with zero attached hydrogens (tertiary/aromatic N) is 6. The van der Waals surface area contributed by atoms with E-state index in [0.29, 0.717) is 70.5 Å². The predicted octanol–water partition coefficient (Wildman–Crippen LogP) is 1.53. The molecule has 2 heterocycles. The minimum Gasteiger partial charge on any atom is -0.386 e. The second-order valence-electron chi connectivity index (χ2n) is 26.0. The van der Waals surface area contributed by atoms with Crippen molar-refractivity contribution in [3.63, 3.8) is 0 Å². The van der Waals surface area contributed by atoms with Crippen molar-refractivity contribution in [3.05, 3.63) is 48.0 Å². The second-order valence-corrected chi connectivity index (χ2v) is 26.0. The van der Waals surface area contributed by atoms with Crippen LogP contribution in [-0.2, 0) is 57.4 Å². The van der Waals surface area contributed by atoms with Crippen LogP contribution in [0.1, 0.15) is 132 Å². The summed E-state index contributed by atoms with van der Waals surface area (Å²) >= 11 is 0. The number of ether oxygens (including phenoxy) is 2. The first-order chi connectivity index (χ1) is 43.8. The van der Waals surface area contributed by atoms with Crippen molar-refractivity contribution in [2.45, 2.75) is 181 Å². The molecule has 0 saturated carbocycles. The molecule has 93 heavy (non-hydrogen) atoms. The molecular weight excluding hydrogens is 1200 g/mol. The molecule has 0 spiro atoms. The van der Waals surface area contributed by atoms with Crippen LogP contribution in [0, 0.1) is 29.6 Å². The highest BCUT2D eigenvalue weighted by Crippen LogP contribution is 2.30. The molecule has 27 nitrogen and oxygen atoms in total. The fraction of sp³-hybridized carbons (Fsp3) is 0.712. The molecule has 0 radical (unpaired) electrons. The molecule has 1 saturated heterocycles. The molecule has 12 atom stereocenters. The summed E-state index contributed by atoms with van der Waals surface area (Å²) in [5.41, 5.74) is 5.93. The fourth-order valence-electron chi connectivity index (χ4n) is 12.0. The molecule has 0 aliphatic carbocycles. The first-order valence-electron chi connectivity index (χ1n) is 32.8. The van der Waals surface area contributed by atoms with Gasteiger partial charge in [0.15, 0.2) is 0 Å². The van der Waals surface area contributed by atoms with Gasteiger partial charge >= 0.3 is 6.03 Å². The zero-order valence-corrected chi connectivity index (χ0v) is 58.0. The van der Waals surface area contributed by atoms with Gasteiger partial charge in [0.25, 0.3) is 11.8 Å². The number of likely N-dealkylation sites (tertiary alicyclic amines) is 1. The van der Waals surface area contributed by atoms with Gasteiger partial charge in [-0.1, -0.05) is 99.1 Å². The quantitative estimate of drug-likeness (QED) is 0.0340. The van der Waals surface area contributed by atoms with Gasteiger partial charge in [-0.2, -0.15) is 0 Å². The van der Waals surface area contributed by atoms with Crippen molar-refractivity contribution in [2.24, 2.45) is 35.3 Å². The van der Waals surface area contributed by atoms with Gasteiger partial charge < -0.3 is 76.7 Å². The lowest BCUT2D eigenvalue weighted by Gasteiger charge is -2.41. The van der Waals surface area contributed by atoms with Crippen LogP contribution in [0.15, 0.2) is 42.5 Å². The van der Waals surface area contributed by atoms with Crippen molar-refractivity contribution < 1.29 is 67.3 Å². The van der Waals surface area contributed by atoms with Crippen LogP contribution in [0.3, 0.4) is 0 Å². The van der Waals surface area contributed by atoms with E-state index in [1.165, 1.54) is 48.1 Å². The monoisotopic (exact) mass is 1310 g/mol. The normalized spacial score (nSPS) is 17.7. The Morgan fingerprint density at radius 2 is 1.31 bits per heavy atom. The average Bonchev–Trinajstić information content (AvgIpc) is 1.81. The summed E-state index contributed by atoms with van der Waals surface area (Å²) < 4.78 is 12.1. The van der Waals surface area contributed by atoms with E-state index in [-0.39, 0.29) is 61.8 Å². The molecule has 2 aliphatic rings. The van der Waals surface area contributed by atoms with E-state index in [9.17, 15) is 57.8 Å².